The summed E-state index contributed by atoms with van der Waals surface area (Å²) in [6, 6.07) is 8.30. The van der Waals surface area contributed by atoms with Crippen LogP contribution in [0.15, 0.2) is 30.3 Å². The lowest BCUT2D eigenvalue weighted by Gasteiger charge is -1.88. The number of carboxylic acid groups (broad SMARTS) is 1. The van der Waals surface area contributed by atoms with Crippen molar-refractivity contribution in [2.45, 2.75) is 0 Å². The number of rotatable bonds is 1. The second kappa shape index (κ2) is 6.15. The molecule has 1 rings (SSSR count). The lowest BCUT2D eigenvalue weighted by atomic mass is 10.2. The van der Waals surface area contributed by atoms with Crippen LogP contribution in [0.2, 0.25) is 0 Å². The van der Waals surface area contributed by atoms with E-state index in [0.717, 1.165) is 0 Å². The highest BCUT2D eigenvalue weighted by Crippen LogP contribution is 1.96. The van der Waals surface area contributed by atoms with Gasteiger partial charge in [0.1, 0.15) is 0 Å². The van der Waals surface area contributed by atoms with E-state index >= 15 is 0 Å². The Hall–Kier alpha value is -0.584. The number of hydrogen-bond donors (Lipinski definition) is 1. The Balaban J connectivity index is 0. The third-order valence-corrected chi connectivity index (χ3v) is 1.02. The highest BCUT2D eigenvalue weighted by molar-refractivity contribution is 5.87. The molecule has 0 aliphatic rings. The predicted octanol–water partition coefficient (Wildman–Crippen LogP) is -0.356. The highest BCUT2D eigenvalue weighted by atomic mass is 24.3. The molecule has 0 saturated carbocycles. The number of benzene rings is 1. The molecule has 0 bridgehead atoms. The Kier molecular flexibility index (Phi) is 7.29. The van der Waals surface area contributed by atoms with E-state index in [0.29, 0.717) is 5.56 Å². The van der Waals surface area contributed by atoms with Crippen molar-refractivity contribution in [3.8, 4) is 0 Å². The number of carboxylic acids is 1. The molecule has 0 spiro atoms. The summed E-state index contributed by atoms with van der Waals surface area (Å²) in [5.41, 5.74) is 0.331. The monoisotopic (exact) mass is 166 g/mol. The van der Waals surface area contributed by atoms with Gasteiger partial charge in [-0.2, -0.15) is 0 Å². The van der Waals surface area contributed by atoms with Gasteiger partial charge in [-0.1, -0.05) is 18.2 Å². The van der Waals surface area contributed by atoms with Crippen LogP contribution < -0.4 is 0 Å². The Morgan fingerprint density at radius 3 is 1.91 bits per heavy atom. The van der Waals surface area contributed by atoms with Gasteiger partial charge in [0, 0.05) is 0 Å². The SMILES string of the molecule is O.O=C(O)c1ccccc1.[MgH2]. The summed E-state index contributed by atoms with van der Waals surface area (Å²) >= 11 is 0. The molecule has 0 atom stereocenters. The predicted molar refractivity (Wildman–Crippen MR) is 45.6 cm³/mol. The molecule has 0 saturated heterocycles. The van der Waals surface area contributed by atoms with Gasteiger partial charge in [0.15, 0.2) is 0 Å². The van der Waals surface area contributed by atoms with Gasteiger partial charge in [-0.15, -0.1) is 0 Å². The highest BCUT2D eigenvalue weighted by Gasteiger charge is 1.96. The van der Waals surface area contributed by atoms with Gasteiger partial charge in [0.25, 0.3) is 0 Å². The molecule has 0 fully saturated rings. The Bertz CT molecular complexity index is 210. The fourth-order valence-corrected chi connectivity index (χ4v) is 0.581. The zero-order chi connectivity index (χ0) is 6.69. The third kappa shape index (κ3) is 3.97. The smallest absolute Gasteiger partial charge is 0.335 e. The van der Waals surface area contributed by atoms with Crippen LogP contribution in [0.3, 0.4) is 0 Å². The van der Waals surface area contributed by atoms with E-state index in [4.69, 9.17) is 5.11 Å². The molecule has 0 unspecified atom stereocenters. The van der Waals surface area contributed by atoms with Crippen molar-refractivity contribution >= 4 is 29.0 Å². The van der Waals surface area contributed by atoms with E-state index < -0.39 is 5.97 Å². The summed E-state index contributed by atoms with van der Waals surface area (Å²) in [5, 5.41) is 8.38. The molecule has 3 nitrogen and oxygen atoms in total. The lowest BCUT2D eigenvalue weighted by molar-refractivity contribution is 0.0697. The molecule has 4 heteroatoms. The summed E-state index contributed by atoms with van der Waals surface area (Å²) in [6.45, 7) is 0. The fraction of sp³-hybridized carbons (Fsp3) is 0. The van der Waals surface area contributed by atoms with Crippen LogP contribution in [-0.4, -0.2) is 39.6 Å². The minimum Gasteiger partial charge on any atom is -0.478 e. The van der Waals surface area contributed by atoms with Crippen LogP contribution in [0, 0.1) is 0 Å². The zero-order valence-electron chi connectivity index (χ0n) is 5.24. The maximum absolute atomic E-state index is 10.2. The molecule has 11 heavy (non-hydrogen) atoms. The van der Waals surface area contributed by atoms with Crippen LogP contribution >= 0.6 is 0 Å². The van der Waals surface area contributed by atoms with Crippen molar-refractivity contribution in [1.82, 2.24) is 0 Å². The fourth-order valence-electron chi connectivity index (χ4n) is 0.581. The standard InChI is InChI=1S/C7H6O2.Mg.H2O.2H/c8-7(9)6-4-2-1-3-5-6;;;;/h1-5H,(H,8,9);;1H2;;. The van der Waals surface area contributed by atoms with Crippen molar-refractivity contribution in [1.29, 1.82) is 0 Å². The maximum Gasteiger partial charge on any atom is 0.335 e. The normalized spacial score (nSPS) is 7.27. The zero-order valence-corrected chi connectivity index (χ0v) is 5.24. The van der Waals surface area contributed by atoms with Gasteiger partial charge in [-0.25, -0.2) is 4.79 Å². The van der Waals surface area contributed by atoms with Crippen LogP contribution in [0.1, 0.15) is 10.4 Å². The Labute approximate surface area is 80.5 Å². The van der Waals surface area contributed by atoms with E-state index in [1.54, 1.807) is 30.3 Å². The van der Waals surface area contributed by atoms with Gasteiger partial charge in [-0.05, 0) is 12.1 Å². The van der Waals surface area contributed by atoms with Crippen LogP contribution in [0.4, 0.5) is 0 Å². The van der Waals surface area contributed by atoms with Crippen molar-refractivity contribution in [3.05, 3.63) is 35.9 Å². The van der Waals surface area contributed by atoms with Crippen molar-refractivity contribution in [2.24, 2.45) is 0 Å². The Morgan fingerprint density at radius 1 is 1.18 bits per heavy atom. The Morgan fingerprint density at radius 2 is 1.64 bits per heavy atom. The molecule has 58 valence electrons. The largest absolute Gasteiger partial charge is 0.478 e. The molecule has 0 aromatic heterocycles. The average molecular weight is 166 g/mol. The second-order valence-corrected chi connectivity index (χ2v) is 1.67. The average Bonchev–Trinajstić information content (AvgIpc) is 1.90. The molecule has 3 N–H and O–H groups in total. The van der Waals surface area contributed by atoms with E-state index in [-0.39, 0.29) is 28.5 Å². The summed E-state index contributed by atoms with van der Waals surface area (Å²) in [4.78, 5) is 10.2. The molecule has 0 aliphatic heterocycles. The van der Waals surface area contributed by atoms with Gasteiger partial charge in [0.2, 0.25) is 0 Å². The van der Waals surface area contributed by atoms with E-state index in [9.17, 15) is 4.79 Å². The van der Waals surface area contributed by atoms with E-state index in [2.05, 4.69) is 0 Å². The summed E-state index contributed by atoms with van der Waals surface area (Å²) in [6.07, 6.45) is 0. The minimum absolute atomic E-state index is 0. The molecule has 0 aliphatic carbocycles. The topological polar surface area (TPSA) is 68.8 Å². The van der Waals surface area contributed by atoms with Crippen molar-refractivity contribution in [3.63, 3.8) is 0 Å². The lowest BCUT2D eigenvalue weighted by Crippen LogP contribution is -1.93. The van der Waals surface area contributed by atoms with Gasteiger partial charge in [-0.3, -0.25) is 0 Å². The maximum atomic E-state index is 10.2. The van der Waals surface area contributed by atoms with E-state index in [1.165, 1.54) is 0 Å². The summed E-state index contributed by atoms with van der Waals surface area (Å²) in [5.74, 6) is -0.879. The molecule has 0 heterocycles. The molecular weight excluding hydrogens is 156 g/mol. The molecule has 1 aromatic carbocycles. The van der Waals surface area contributed by atoms with Gasteiger partial charge in [0.05, 0.1) is 5.56 Å². The quantitative estimate of drug-likeness (QED) is 0.579. The number of aromatic carboxylic acids is 1. The molecule has 0 amide bonds. The number of hydrogen-bond acceptors (Lipinski definition) is 1. The molecular formula is C7H10MgO3. The second-order valence-electron chi connectivity index (χ2n) is 1.67. The van der Waals surface area contributed by atoms with Crippen LogP contribution in [0.25, 0.3) is 0 Å². The minimum atomic E-state index is -0.879. The molecule has 0 radical (unpaired) electrons. The van der Waals surface area contributed by atoms with Crippen molar-refractivity contribution < 1.29 is 15.4 Å². The van der Waals surface area contributed by atoms with Crippen LogP contribution in [-0.2, 0) is 0 Å². The molecule has 1 aromatic rings. The first-order valence-electron chi connectivity index (χ1n) is 2.59. The van der Waals surface area contributed by atoms with Gasteiger partial charge >= 0.3 is 29.0 Å². The third-order valence-electron chi connectivity index (χ3n) is 1.02. The first-order chi connectivity index (χ1) is 4.30. The van der Waals surface area contributed by atoms with Gasteiger partial charge < -0.3 is 10.6 Å². The van der Waals surface area contributed by atoms with E-state index in [1.807, 2.05) is 0 Å². The van der Waals surface area contributed by atoms with Crippen LogP contribution in [0.5, 0.6) is 0 Å². The summed E-state index contributed by atoms with van der Waals surface area (Å²) in [7, 11) is 0. The number of carbonyl (C=O) groups is 1. The first kappa shape index (κ1) is 13.0. The first-order valence-corrected chi connectivity index (χ1v) is 2.59. The van der Waals surface area contributed by atoms with Crippen molar-refractivity contribution in [2.75, 3.05) is 0 Å². The summed E-state index contributed by atoms with van der Waals surface area (Å²) < 4.78 is 0.